The smallest absolute Gasteiger partial charge is 0.157 e. The first kappa shape index (κ1) is 7.03. The van der Waals surface area contributed by atoms with Gasteiger partial charge in [-0.05, 0) is 12.1 Å². The van der Waals surface area contributed by atoms with Crippen molar-refractivity contribution in [1.29, 1.82) is 0 Å². The predicted octanol–water partition coefficient (Wildman–Crippen LogP) is -0.366. The van der Waals surface area contributed by atoms with Gasteiger partial charge < -0.3 is 5.73 Å². The molecule has 3 heteroatoms. The maximum Gasteiger partial charge on any atom is 0.157 e. The van der Waals surface area contributed by atoms with Crippen molar-refractivity contribution in [3.05, 3.63) is 35.0 Å². The number of nitrogens with two attached hydrogens (primary N) is 1. The van der Waals surface area contributed by atoms with Gasteiger partial charge in [0.05, 0.1) is 6.54 Å². The van der Waals surface area contributed by atoms with Crippen LogP contribution in [0.5, 0.6) is 0 Å². The molecule has 0 spiro atoms. The molecule has 0 aromatic carbocycles. The summed E-state index contributed by atoms with van der Waals surface area (Å²) in [4.78, 5) is 8.35. The van der Waals surface area contributed by atoms with Crippen molar-refractivity contribution >= 4 is 11.9 Å². The van der Waals surface area contributed by atoms with Gasteiger partial charge in [-0.15, -0.1) is 0 Å². The topological polar surface area (TPSA) is 51.3 Å². The van der Waals surface area contributed by atoms with Crippen LogP contribution in [0.2, 0.25) is 0 Å². The summed E-state index contributed by atoms with van der Waals surface area (Å²) < 4.78 is 0. The van der Waals surface area contributed by atoms with Crippen LogP contribution < -0.4 is 16.4 Å². The summed E-state index contributed by atoms with van der Waals surface area (Å²) in [6.45, 7) is 0.681. The third-order valence-corrected chi connectivity index (χ3v) is 1.69. The van der Waals surface area contributed by atoms with Gasteiger partial charge in [-0.2, -0.15) is 0 Å². The highest BCUT2D eigenvalue weighted by Gasteiger charge is 1.91. The number of hydrogen-bond acceptors (Lipinski definition) is 3. The van der Waals surface area contributed by atoms with Gasteiger partial charge in [0.1, 0.15) is 5.82 Å². The Hall–Kier alpha value is -1.64. The van der Waals surface area contributed by atoms with Crippen LogP contribution >= 0.6 is 0 Å². The highest BCUT2D eigenvalue weighted by molar-refractivity contribution is 5.39. The lowest BCUT2D eigenvalue weighted by Gasteiger charge is -1.90. The molecule has 2 rings (SSSR count). The molecule has 2 heterocycles. The van der Waals surface area contributed by atoms with Gasteiger partial charge in [-0.1, -0.05) is 18.2 Å². The summed E-state index contributed by atoms with van der Waals surface area (Å²) in [6, 6.07) is 3.71. The Morgan fingerprint density at radius 2 is 2.25 bits per heavy atom. The second-order valence-corrected chi connectivity index (χ2v) is 2.58. The Balaban J connectivity index is 2.78. The van der Waals surface area contributed by atoms with Gasteiger partial charge >= 0.3 is 0 Å². The quantitative estimate of drug-likeness (QED) is 0.561. The van der Waals surface area contributed by atoms with E-state index in [1.165, 1.54) is 0 Å². The number of fused-ring (bicyclic) bond motifs is 1. The minimum atomic E-state index is 0.521. The molecular weight excluding hydrogens is 150 g/mol. The molecule has 1 aliphatic heterocycles. The van der Waals surface area contributed by atoms with E-state index < -0.39 is 0 Å². The molecule has 0 unspecified atom stereocenters. The molecule has 1 aliphatic rings. The first-order valence-corrected chi connectivity index (χ1v) is 3.80. The van der Waals surface area contributed by atoms with E-state index in [2.05, 4.69) is 9.98 Å². The summed E-state index contributed by atoms with van der Waals surface area (Å²) in [5.41, 5.74) is 6.26. The van der Waals surface area contributed by atoms with E-state index in [4.69, 9.17) is 5.73 Å². The first-order valence-electron chi connectivity index (χ1n) is 3.80. The second-order valence-electron chi connectivity index (χ2n) is 2.58. The maximum absolute atomic E-state index is 5.53. The molecule has 3 nitrogen and oxygen atoms in total. The number of nitrogens with zero attached hydrogens (tertiary/aromatic N) is 2. The van der Waals surface area contributed by atoms with Crippen LogP contribution in [0.3, 0.4) is 0 Å². The van der Waals surface area contributed by atoms with Crippen LogP contribution in [0.15, 0.2) is 29.3 Å². The molecule has 0 saturated carbocycles. The Bertz CT molecular complexity index is 432. The summed E-state index contributed by atoms with van der Waals surface area (Å²) in [6.07, 6.45) is 5.95. The average molecular weight is 159 g/mol. The molecule has 0 radical (unpaired) electrons. The van der Waals surface area contributed by atoms with Crippen LogP contribution in [-0.2, 0) is 0 Å². The molecule has 12 heavy (non-hydrogen) atoms. The van der Waals surface area contributed by atoms with E-state index >= 15 is 0 Å². The monoisotopic (exact) mass is 159 g/mol. The van der Waals surface area contributed by atoms with Crippen molar-refractivity contribution in [2.45, 2.75) is 0 Å². The van der Waals surface area contributed by atoms with Gasteiger partial charge in [0, 0.05) is 5.22 Å². The summed E-state index contributed by atoms with van der Waals surface area (Å²) in [5, 5.41) is 1.03. The summed E-state index contributed by atoms with van der Waals surface area (Å²) in [5.74, 6) is 0.521. The molecule has 2 N–H and O–H groups in total. The molecule has 0 amide bonds. The number of anilines is 1. The van der Waals surface area contributed by atoms with Crippen molar-refractivity contribution in [3.63, 3.8) is 0 Å². The van der Waals surface area contributed by atoms with Gasteiger partial charge in [0.25, 0.3) is 0 Å². The summed E-state index contributed by atoms with van der Waals surface area (Å²) in [7, 11) is 0. The second kappa shape index (κ2) is 2.77. The summed E-state index contributed by atoms with van der Waals surface area (Å²) >= 11 is 0. The molecule has 0 aliphatic carbocycles. The highest BCUT2D eigenvalue weighted by atomic mass is 14.9. The van der Waals surface area contributed by atoms with Crippen LogP contribution in [0, 0.1) is 0 Å². The van der Waals surface area contributed by atoms with E-state index in [1.54, 1.807) is 6.07 Å². The zero-order valence-corrected chi connectivity index (χ0v) is 6.57. The zero-order chi connectivity index (χ0) is 8.39. The molecule has 0 atom stereocenters. The normalized spacial score (nSPS) is 14.0. The number of hydrogen-bond donors (Lipinski definition) is 1. The van der Waals surface area contributed by atoms with E-state index in [0.717, 1.165) is 10.7 Å². The first-order chi connectivity index (χ1) is 5.86. The molecule has 0 saturated heterocycles. The van der Waals surface area contributed by atoms with Gasteiger partial charge in [0.15, 0.2) is 5.49 Å². The fourth-order valence-electron chi connectivity index (χ4n) is 1.10. The van der Waals surface area contributed by atoms with E-state index in [-0.39, 0.29) is 0 Å². The van der Waals surface area contributed by atoms with Gasteiger partial charge in [0.2, 0.25) is 0 Å². The van der Waals surface area contributed by atoms with Crippen molar-refractivity contribution in [3.8, 4) is 0 Å². The maximum atomic E-state index is 5.53. The molecule has 1 aromatic rings. The van der Waals surface area contributed by atoms with Crippen LogP contribution in [0.4, 0.5) is 5.82 Å². The molecule has 1 aromatic heterocycles. The number of pyridine rings is 1. The van der Waals surface area contributed by atoms with E-state index in [0.29, 0.717) is 12.4 Å². The lowest BCUT2D eigenvalue weighted by Crippen LogP contribution is -2.28. The number of rotatable bonds is 0. The number of aromatic nitrogens is 1. The van der Waals surface area contributed by atoms with Crippen LogP contribution in [-0.4, -0.2) is 11.5 Å². The largest absolute Gasteiger partial charge is 0.384 e. The Labute approximate surface area is 70.0 Å². The minimum Gasteiger partial charge on any atom is -0.384 e. The van der Waals surface area contributed by atoms with Crippen molar-refractivity contribution in [2.24, 2.45) is 4.99 Å². The minimum absolute atomic E-state index is 0.521. The van der Waals surface area contributed by atoms with Crippen molar-refractivity contribution in [2.75, 3.05) is 12.3 Å². The van der Waals surface area contributed by atoms with Crippen molar-refractivity contribution < 1.29 is 0 Å². The third-order valence-electron chi connectivity index (χ3n) is 1.69. The third kappa shape index (κ3) is 1.21. The van der Waals surface area contributed by atoms with Gasteiger partial charge in [-0.25, -0.2) is 4.98 Å². The number of allylic oxidation sites excluding steroid dienone is 1. The lowest BCUT2D eigenvalue weighted by molar-refractivity contribution is 1.05. The number of nitrogen functional groups attached to an aromatic ring is 1. The lowest BCUT2D eigenvalue weighted by atomic mass is 10.3. The Morgan fingerprint density at radius 1 is 1.33 bits per heavy atom. The Morgan fingerprint density at radius 3 is 3.17 bits per heavy atom. The zero-order valence-electron chi connectivity index (χ0n) is 6.57. The fraction of sp³-hybridized carbons (Fsp3) is 0.111. The van der Waals surface area contributed by atoms with Gasteiger partial charge in [-0.3, -0.25) is 4.99 Å². The standard InChI is InChI=1S/C9H9N3/c10-8-5-4-7-3-1-2-6-11-9(7)12-8/h1-5H,6H2,(H2,10,11,12). The highest BCUT2D eigenvalue weighted by Crippen LogP contribution is 1.86. The molecule has 60 valence electrons. The molecular formula is C9H9N3. The fourth-order valence-corrected chi connectivity index (χ4v) is 1.10. The predicted molar refractivity (Wildman–Crippen MR) is 47.9 cm³/mol. The van der Waals surface area contributed by atoms with Crippen LogP contribution in [0.1, 0.15) is 0 Å². The SMILES string of the molecule is Nc1ccc2c(n1)=NCC=CC=2. The van der Waals surface area contributed by atoms with Crippen molar-refractivity contribution in [1.82, 2.24) is 4.98 Å². The molecule has 0 bridgehead atoms. The molecule has 0 fully saturated rings. The van der Waals surface area contributed by atoms with E-state index in [9.17, 15) is 0 Å². The van der Waals surface area contributed by atoms with E-state index in [1.807, 2.05) is 24.3 Å². The average Bonchev–Trinajstić information content (AvgIpc) is 2.28. The Kier molecular flexibility index (Phi) is 1.63. The van der Waals surface area contributed by atoms with Crippen LogP contribution in [0.25, 0.3) is 6.08 Å².